The van der Waals surface area contributed by atoms with E-state index < -0.39 is 0 Å². The van der Waals surface area contributed by atoms with Crippen molar-refractivity contribution in [3.05, 3.63) is 35.6 Å². The second kappa shape index (κ2) is 7.75. The lowest BCUT2D eigenvalue weighted by Crippen LogP contribution is -2.40. The lowest BCUT2D eigenvalue weighted by Gasteiger charge is -2.32. The molecule has 1 atom stereocenters. The molecule has 20 heavy (non-hydrogen) atoms. The first-order valence-electron chi connectivity index (χ1n) is 7.98. The standard InChI is InChI=1S/C17H27FN2/c1-3-19-17(15-11-7-8-12-16(15)18)13-20(4-2)14-9-5-6-10-14/h7-8,11-12,14,17,19H,3-6,9-10,13H2,1-2H3. The molecule has 2 nitrogen and oxygen atoms in total. The Labute approximate surface area is 122 Å². The highest BCUT2D eigenvalue weighted by atomic mass is 19.1. The van der Waals surface area contributed by atoms with Crippen LogP contribution in [0.25, 0.3) is 0 Å². The number of hydrogen-bond acceptors (Lipinski definition) is 2. The van der Waals surface area contributed by atoms with Crippen molar-refractivity contribution < 1.29 is 4.39 Å². The molecular formula is C17H27FN2. The Morgan fingerprint density at radius 1 is 1.25 bits per heavy atom. The minimum Gasteiger partial charge on any atom is -0.309 e. The molecule has 0 aliphatic heterocycles. The van der Waals surface area contributed by atoms with Gasteiger partial charge in [-0.05, 0) is 32.0 Å². The number of hydrogen-bond donors (Lipinski definition) is 1. The zero-order valence-corrected chi connectivity index (χ0v) is 12.7. The fraction of sp³-hybridized carbons (Fsp3) is 0.647. The van der Waals surface area contributed by atoms with Crippen LogP contribution in [0.4, 0.5) is 4.39 Å². The topological polar surface area (TPSA) is 15.3 Å². The van der Waals surface area contributed by atoms with E-state index in [-0.39, 0.29) is 11.9 Å². The van der Waals surface area contributed by atoms with Crippen molar-refractivity contribution in [1.82, 2.24) is 10.2 Å². The molecule has 112 valence electrons. The molecule has 1 aliphatic rings. The summed E-state index contributed by atoms with van der Waals surface area (Å²) < 4.78 is 14.0. The number of likely N-dealkylation sites (N-methyl/N-ethyl adjacent to an activating group) is 2. The molecule has 0 bridgehead atoms. The average molecular weight is 278 g/mol. The number of rotatable bonds is 7. The Bertz CT molecular complexity index is 402. The Balaban J connectivity index is 2.09. The van der Waals surface area contributed by atoms with Gasteiger partial charge in [-0.25, -0.2) is 4.39 Å². The van der Waals surface area contributed by atoms with Crippen LogP contribution in [0.15, 0.2) is 24.3 Å². The Morgan fingerprint density at radius 3 is 2.55 bits per heavy atom. The molecule has 1 aliphatic carbocycles. The van der Waals surface area contributed by atoms with Crippen LogP contribution < -0.4 is 5.32 Å². The Hall–Kier alpha value is -0.930. The van der Waals surface area contributed by atoms with E-state index in [0.29, 0.717) is 6.04 Å². The highest BCUT2D eigenvalue weighted by Crippen LogP contribution is 2.26. The van der Waals surface area contributed by atoms with Gasteiger partial charge < -0.3 is 5.32 Å². The molecule has 0 radical (unpaired) electrons. The first kappa shape index (κ1) is 15.5. The van der Waals surface area contributed by atoms with Crippen LogP contribution in [0, 0.1) is 5.82 Å². The van der Waals surface area contributed by atoms with Gasteiger partial charge >= 0.3 is 0 Å². The second-order valence-electron chi connectivity index (χ2n) is 5.66. The molecule has 1 aromatic carbocycles. The lowest BCUT2D eigenvalue weighted by molar-refractivity contribution is 0.186. The minimum absolute atomic E-state index is 0.0850. The van der Waals surface area contributed by atoms with Crippen molar-refractivity contribution >= 4 is 0 Å². The zero-order chi connectivity index (χ0) is 14.4. The molecule has 1 N–H and O–H groups in total. The summed E-state index contributed by atoms with van der Waals surface area (Å²) in [6.45, 7) is 7.10. The largest absolute Gasteiger partial charge is 0.309 e. The third-order valence-corrected chi connectivity index (χ3v) is 4.40. The molecule has 0 saturated heterocycles. The van der Waals surface area contributed by atoms with E-state index in [4.69, 9.17) is 0 Å². The molecule has 3 heteroatoms. The van der Waals surface area contributed by atoms with Crippen LogP contribution in [0.1, 0.15) is 51.1 Å². The highest BCUT2D eigenvalue weighted by Gasteiger charge is 2.25. The predicted octanol–water partition coefficient (Wildman–Crippen LogP) is 3.74. The summed E-state index contributed by atoms with van der Waals surface area (Å²) in [5, 5.41) is 3.45. The smallest absolute Gasteiger partial charge is 0.128 e. The average Bonchev–Trinajstić information content (AvgIpc) is 2.98. The number of nitrogens with one attached hydrogen (secondary N) is 1. The van der Waals surface area contributed by atoms with Gasteiger partial charge in [0, 0.05) is 24.2 Å². The van der Waals surface area contributed by atoms with Crippen molar-refractivity contribution in [2.45, 2.75) is 51.6 Å². The fourth-order valence-electron chi connectivity index (χ4n) is 3.32. The lowest BCUT2D eigenvalue weighted by atomic mass is 10.0. The third-order valence-electron chi connectivity index (χ3n) is 4.40. The third kappa shape index (κ3) is 3.80. The van der Waals surface area contributed by atoms with Gasteiger partial charge in [0.05, 0.1) is 0 Å². The molecule has 1 fully saturated rings. The molecule has 1 saturated carbocycles. The van der Waals surface area contributed by atoms with Gasteiger partial charge in [-0.2, -0.15) is 0 Å². The van der Waals surface area contributed by atoms with Crippen LogP contribution in [0.3, 0.4) is 0 Å². The quantitative estimate of drug-likeness (QED) is 0.817. The fourth-order valence-corrected chi connectivity index (χ4v) is 3.32. The summed E-state index contributed by atoms with van der Waals surface area (Å²) >= 11 is 0. The van der Waals surface area contributed by atoms with E-state index in [9.17, 15) is 4.39 Å². The summed E-state index contributed by atoms with van der Waals surface area (Å²) in [7, 11) is 0. The van der Waals surface area contributed by atoms with E-state index in [1.54, 1.807) is 12.1 Å². The summed E-state index contributed by atoms with van der Waals surface area (Å²) in [4.78, 5) is 2.52. The molecule has 2 rings (SSSR count). The molecular weight excluding hydrogens is 251 g/mol. The first-order chi connectivity index (χ1) is 9.76. The van der Waals surface area contributed by atoms with Gasteiger partial charge in [0.15, 0.2) is 0 Å². The Morgan fingerprint density at radius 2 is 1.95 bits per heavy atom. The van der Waals surface area contributed by atoms with Crippen LogP contribution in [-0.4, -0.2) is 30.6 Å². The van der Waals surface area contributed by atoms with Crippen molar-refractivity contribution in [3.8, 4) is 0 Å². The molecule has 0 spiro atoms. The zero-order valence-electron chi connectivity index (χ0n) is 12.7. The normalized spacial score (nSPS) is 17.8. The van der Waals surface area contributed by atoms with Crippen LogP contribution in [0.2, 0.25) is 0 Å². The van der Waals surface area contributed by atoms with Gasteiger partial charge in [-0.15, -0.1) is 0 Å². The number of halogens is 1. The molecule has 0 aromatic heterocycles. The summed E-state index contributed by atoms with van der Waals surface area (Å²) in [6, 6.07) is 7.93. The maximum atomic E-state index is 14.0. The van der Waals surface area contributed by atoms with Gasteiger partial charge in [-0.3, -0.25) is 4.90 Å². The van der Waals surface area contributed by atoms with Crippen molar-refractivity contribution in [2.24, 2.45) is 0 Å². The SMILES string of the molecule is CCNC(CN(CC)C1CCCC1)c1ccccc1F. The van der Waals surface area contributed by atoms with Crippen LogP contribution in [-0.2, 0) is 0 Å². The predicted molar refractivity (Wildman–Crippen MR) is 82.3 cm³/mol. The van der Waals surface area contributed by atoms with Crippen LogP contribution >= 0.6 is 0 Å². The number of nitrogens with zero attached hydrogens (tertiary/aromatic N) is 1. The number of benzene rings is 1. The summed E-state index contributed by atoms with van der Waals surface area (Å²) in [5.74, 6) is -0.0964. The van der Waals surface area contributed by atoms with E-state index in [1.807, 2.05) is 12.1 Å². The van der Waals surface area contributed by atoms with E-state index in [2.05, 4.69) is 24.1 Å². The second-order valence-corrected chi connectivity index (χ2v) is 5.66. The van der Waals surface area contributed by atoms with Crippen molar-refractivity contribution in [2.75, 3.05) is 19.6 Å². The maximum Gasteiger partial charge on any atom is 0.128 e. The molecule has 0 heterocycles. The highest BCUT2D eigenvalue weighted by molar-refractivity contribution is 5.21. The van der Waals surface area contributed by atoms with Gasteiger partial charge in [0.25, 0.3) is 0 Å². The van der Waals surface area contributed by atoms with Crippen LogP contribution in [0.5, 0.6) is 0 Å². The maximum absolute atomic E-state index is 14.0. The molecule has 0 amide bonds. The first-order valence-corrected chi connectivity index (χ1v) is 7.98. The molecule has 1 aromatic rings. The van der Waals surface area contributed by atoms with Crippen molar-refractivity contribution in [1.29, 1.82) is 0 Å². The monoisotopic (exact) mass is 278 g/mol. The van der Waals surface area contributed by atoms with Gasteiger partial charge in [-0.1, -0.05) is 44.9 Å². The van der Waals surface area contributed by atoms with Crippen molar-refractivity contribution in [3.63, 3.8) is 0 Å². The van der Waals surface area contributed by atoms with E-state index in [1.165, 1.54) is 25.7 Å². The van der Waals surface area contributed by atoms with Gasteiger partial charge in [0.2, 0.25) is 0 Å². The summed E-state index contributed by atoms with van der Waals surface area (Å²) in [5.41, 5.74) is 0.797. The molecule has 1 unspecified atom stereocenters. The van der Waals surface area contributed by atoms with Gasteiger partial charge in [0.1, 0.15) is 5.82 Å². The minimum atomic E-state index is -0.0964. The Kier molecular flexibility index (Phi) is 5.99. The van der Waals surface area contributed by atoms with E-state index >= 15 is 0 Å². The van der Waals surface area contributed by atoms with E-state index in [0.717, 1.165) is 25.2 Å². The summed E-state index contributed by atoms with van der Waals surface area (Å²) in [6.07, 6.45) is 5.27.